The lowest BCUT2D eigenvalue weighted by Gasteiger charge is -2.11. The molecule has 0 amide bonds. The summed E-state index contributed by atoms with van der Waals surface area (Å²) in [6.07, 6.45) is 1.98. The van der Waals surface area contributed by atoms with E-state index in [-0.39, 0.29) is 5.75 Å². The highest BCUT2D eigenvalue weighted by Gasteiger charge is 2.03. The predicted octanol–water partition coefficient (Wildman–Crippen LogP) is 1.09. The summed E-state index contributed by atoms with van der Waals surface area (Å²) in [6, 6.07) is 7.67. The van der Waals surface area contributed by atoms with Gasteiger partial charge in [-0.3, -0.25) is 4.99 Å². The number of nitrogens with one attached hydrogen (secondary N) is 2. The van der Waals surface area contributed by atoms with Crippen LogP contribution in [-0.2, 0) is 16.3 Å². The second kappa shape index (κ2) is 8.11. The molecule has 0 atom stereocenters. The largest absolute Gasteiger partial charge is 0.356 e. The minimum Gasteiger partial charge on any atom is -0.356 e. The minimum absolute atomic E-state index is 0.0816. The van der Waals surface area contributed by atoms with E-state index in [0.717, 1.165) is 17.0 Å². The molecule has 1 rings (SSSR count). The number of halogens is 1. The van der Waals surface area contributed by atoms with Gasteiger partial charge < -0.3 is 10.6 Å². The molecule has 0 heterocycles. The fourth-order valence-corrected chi connectivity index (χ4v) is 2.30. The van der Waals surface area contributed by atoms with Crippen LogP contribution in [0.2, 0.25) is 5.02 Å². The molecule has 7 heteroatoms. The van der Waals surface area contributed by atoms with Gasteiger partial charge in [-0.1, -0.05) is 29.8 Å². The molecule has 0 spiro atoms. The third-order valence-corrected chi connectivity index (χ3v) is 3.95. The molecule has 0 aliphatic carbocycles. The molecule has 0 unspecified atom stereocenters. The van der Waals surface area contributed by atoms with Gasteiger partial charge in [0.2, 0.25) is 0 Å². The topological polar surface area (TPSA) is 70.6 Å². The third-order valence-electron chi connectivity index (χ3n) is 2.63. The molecule has 5 nitrogen and oxygen atoms in total. The fraction of sp³-hybridized carbons (Fsp3) is 0.462. The van der Waals surface area contributed by atoms with Crippen LogP contribution in [0, 0.1) is 0 Å². The number of guanidine groups is 1. The number of aliphatic imine (C=N–C) groups is 1. The van der Waals surface area contributed by atoms with E-state index >= 15 is 0 Å². The molecule has 1 aromatic rings. The lowest BCUT2D eigenvalue weighted by Crippen LogP contribution is -2.40. The summed E-state index contributed by atoms with van der Waals surface area (Å²) in [5.74, 6) is 0.666. The zero-order valence-corrected chi connectivity index (χ0v) is 13.3. The van der Waals surface area contributed by atoms with Crippen molar-refractivity contribution >= 4 is 27.4 Å². The number of sulfone groups is 1. The first kappa shape index (κ1) is 16.8. The Morgan fingerprint density at radius 3 is 2.50 bits per heavy atom. The van der Waals surface area contributed by atoms with Crippen LogP contribution in [0.5, 0.6) is 0 Å². The van der Waals surface area contributed by atoms with Crippen LogP contribution in [-0.4, -0.2) is 46.5 Å². The number of hydrogen-bond donors (Lipinski definition) is 2. The first-order chi connectivity index (χ1) is 9.42. The van der Waals surface area contributed by atoms with Crippen molar-refractivity contribution in [3.05, 3.63) is 34.9 Å². The summed E-state index contributed by atoms with van der Waals surface area (Å²) in [5.41, 5.74) is 1.06. The van der Waals surface area contributed by atoms with Crippen molar-refractivity contribution in [3.8, 4) is 0 Å². The van der Waals surface area contributed by atoms with Crippen molar-refractivity contribution in [2.75, 3.05) is 32.1 Å². The van der Waals surface area contributed by atoms with Crippen LogP contribution >= 0.6 is 11.6 Å². The molecule has 0 aliphatic heterocycles. The molecular formula is C13H20ClN3O2S. The number of nitrogens with zero attached hydrogens (tertiary/aromatic N) is 1. The lowest BCUT2D eigenvalue weighted by molar-refractivity contribution is 0.600. The summed E-state index contributed by atoms with van der Waals surface area (Å²) < 4.78 is 22.0. The molecule has 0 radical (unpaired) electrons. The summed E-state index contributed by atoms with van der Waals surface area (Å²) in [6.45, 7) is 1.01. The van der Waals surface area contributed by atoms with E-state index in [1.54, 1.807) is 7.05 Å². The summed E-state index contributed by atoms with van der Waals surface area (Å²) in [5, 5.41) is 6.82. The summed E-state index contributed by atoms with van der Waals surface area (Å²) in [7, 11) is -1.32. The molecule has 0 fully saturated rings. The van der Waals surface area contributed by atoms with Crippen LogP contribution < -0.4 is 10.6 Å². The van der Waals surface area contributed by atoms with Crippen LogP contribution in [0.25, 0.3) is 0 Å². The van der Waals surface area contributed by atoms with Gasteiger partial charge in [0, 0.05) is 31.4 Å². The second-order valence-corrected chi connectivity index (χ2v) is 7.06. The predicted molar refractivity (Wildman–Crippen MR) is 84.2 cm³/mol. The van der Waals surface area contributed by atoms with Crippen molar-refractivity contribution in [3.63, 3.8) is 0 Å². The first-order valence-electron chi connectivity index (χ1n) is 6.28. The van der Waals surface area contributed by atoms with Crippen molar-refractivity contribution < 1.29 is 8.42 Å². The highest BCUT2D eigenvalue weighted by molar-refractivity contribution is 7.90. The van der Waals surface area contributed by atoms with E-state index in [1.807, 2.05) is 24.3 Å². The Morgan fingerprint density at radius 2 is 1.90 bits per heavy atom. The number of hydrogen-bond acceptors (Lipinski definition) is 3. The highest BCUT2D eigenvalue weighted by Crippen LogP contribution is 2.14. The van der Waals surface area contributed by atoms with Gasteiger partial charge in [0.05, 0.1) is 5.75 Å². The van der Waals surface area contributed by atoms with Crippen molar-refractivity contribution in [2.24, 2.45) is 4.99 Å². The zero-order valence-electron chi connectivity index (χ0n) is 11.7. The Balaban J connectivity index is 2.34. The van der Waals surface area contributed by atoms with E-state index in [0.29, 0.717) is 19.0 Å². The molecule has 20 heavy (non-hydrogen) atoms. The van der Waals surface area contributed by atoms with Gasteiger partial charge in [0.1, 0.15) is 9.84 Å². The molecule has 2 N–H and O–H groups in total. The Kier molecular flexibility index (Phi) is 6.81. The first-order valence-corrected chi connectivity index (χ1v) is 8.72. The number of benzene rings is 1. The van der Waals surface area contributed by atoms with Gasteiger partial charge >= 0.3 is 0 Å². The average Bonchev–Trinajstić information content (AvgIpc) is 2.37. The Bertz CT molecular complexity index is 558. The highest BCUT2D eigenvalue weighted by atomic mass is 35.5. The third kappa shape index (κ3) is 6.77. The molecule has 0 aliphatic rings. The van der Waals surface area contributed by atoms with E-state index < -0.39 is 9.84 Å². The zero-order chi connectivity index (χ0) is 15.0. The van der Waals surface area contributed by atoms with Gasteiger partial charge in [-0.25, -0.2) is 8.42 Å². The molecule has 0 saturated heterocycles. The average molecular weight is 318 g/mol. The fourth-order valence-electron chi connectivity index (χ4n) is 1.59. The maximum absolute atomic E-state index is 11.0. The maximum Gasteiger partial charge on any atom is 0.191 e. The van der Waals surface area contributed by atoms with E-state index in [4.69, 9.17) is 11.6 Å². The van der Waals surface area contributed by atoms with Crippen LogP contribution in [0.15, 0.2) is 29.3 Å². The van der Waals surface area contributed by atoms with Crippen molar-refractivity contribution in [1.29, 1.82) is 0 Å². The second-order valence-electron chi connectivity index (χ2n) is 4.40. The lowest BCUT2D eigenvalue weighted by atomic mass is 10.1. The SMILES string of the molecule is CN=C(NCCc1ccccc1Cl)NCCS(C)(=O)=O. The van der Waals surface area contributed by atoms with Crippen molar-refractivity contribution in [2.45, 2.75) is 6.42 Å². The van der Waals surface area contributed by atoms with Gasteiger partial charge in [-0.15, -0.1) is 0 Å². The molecule has 112 valence electrons. The van der Waals surface area contributed by atoms with Gasteiger partial charge in [-0.05, 0) is 18.1 Å². The van der Waals surface area contributed by atoms with Gasteiger partial charge in [0.15, 0.2) is 5.96 Å². The van der Waals surface area contributed by atoms with Gasteiger partial charge in [0.25, 0.3) is 0 Å². The smallest absolute Gasteiger partial charge is 0.191 e. The van der Waals surface area contributed by atoms with Gasteiger partial charge in [-0.2, -0.15) is 0 Å². The quantitative estimate of drug-likeness (QED) is 0.609. The minimum atomic E-state index is -2.96. The Labute approximate surface area is 125 Å². The number of rotatable bonds is 6. The van der Waals surface area contributed by atoms with Crippen molar-refractivity contribution in [1.82, 2.24) is 10.6 Å². The van der Waals surface area contributed by atoms with Crippen LogP contribution in [0.4, 0.5) is 0 Å². The molecule has 0 bridgehead atoms. The van der Waals surface area contributed by atoms with E-state index in [2.05, 4.69) is 15.6 Å². The molecule has 0 saturated carbocycles. The standard InChI is InChI=1S/C13H20ClN3O2S/c1-15-13(17-9-10-20(2,18)19)16-8-7-11-5-3-4-6-12(11)14/h3-6H,7-10H2,1-2H3,(H2,15,16,17). The Hall–Kier alpha value is -1.27. The Morgan fingerprint density at radius 1 is 1.25 bits per heavy atom. The normalized spacial score (nSPS) is 12.2. The molecule has 1 aromatic carbocycles. The summed E-state index contributed by atoms with van der Waals surface area (Å²) in [4.78, 5) is 4.03. The van der Waals surface area contributed by atoms with E-state index in [9.17, 15) is 8.42 Å². The maximum atomic E-state index is 11.0. The van der Waals surface area contributed by atoms with E-state index in [1.165, 1.54) is 6.26 Å². The van der Waals surface area contributed by atoms with Crippen LogP contribution in [0.3, 0.4) is 0 Å². The molecule has 0 aromatic heterocycles. The van der Waals surface area contributed by atoms with Crippen LogP contribution in [0.1, 0.15) is 5.56 Å². The molecular weight excluding hydrogens is 298 g/mol. The summed E-state index contributed by atoms with van der Waals surface area (Å²) >= 11 is 6.07. The monoisotopic (exact) mass is 317 g/mol.